The van der Waals surface area contributed by atoms with Gasteiger partial charge in [0.25, 0.3) is 0 Å². The average Bonchev–Trinajstić information content (AvgIpc) is 2.19. The first-order valence-corrected chi connectivity index (χ1v) is 4.97. The smallest absolute Gasteiger partial charge is 0.116 e. The zero-order valence-corrected chi connectivity index (χ0v) is 8.83. The van der Waals surface area contributed by atoms with Crippen LogP contribution in [0.1, 0.15) is 19.4 Å². The van der Waals surface area contributed by atoms with E-state index in [1.165, 1.54) is 0 Å². The highest BCUT2D eigenvalue weighted by atomic mass is 16.3. The summed E-state index contributed by atoms with van der Waals surface area (Å²) in [7, 11) is 0. The van der Waals surface area contributed by atoms with Crippen molar-refractivity contribution in [2.45, 2.75) is 20.4 Å². The third kappa shape index (κ3) is 2.64. The van der Waals surface area contributed by atoms with Gasteiger partial charge in [0.05, 0.1) is 0 Å². The van der Waals surface area contributed by atoms with Crippen LogP contribution < -0.4 is 5.73 Å². The van der Waals surface area contributed by atoms with Crippen LogP contribution in [0.25, 0.3) is 0 Å². The highest BCUT2D eigenvalue weighted by Crippen LogP contribution is 2.19. The molecule has 0 aromatic heterocycles. The molecule has 0 saturated carbocycles. The van der Waals surface area contributed by atoms with E-state index in [4.69, 9.17) is 5.73 Å². The number of hydrogen-bond acceptors (Lipinski definition) is 3. The number of benzene rings is 1. The molecule has 3 heteroatoms. The Labute approximate surface area is 85.2 Å². The molecule has 3 nitrogen and oxygen atoms in total. The summed E-state index contributed by atoms with van der Waals surface area (Å²) in [6.45, 7) is 7.01. The van der Waals surface area contributed by atoms with Gasteiger partial charge < -0.3 is 10.8 Å². The lowest BCUT2D eigenvalue weighted by Crippen LogP contribution is -2.22. The molecule has 0 saturated heterocycles. The maximum atomic E-state index is 9.32. The molecule has 0 bridgehead atoms. The van der Waals surface area contributed by atoms with E-state index in [0.717, 1.165) is 30.9 Å². The minimum Gasteiger partial charge on any atom is -0.508 e. The van der Waals surface area contributed by atoms with Crippen molar-refractivity contribution in [1.29, 1.82) is 0 Å². The van der Waals surface area contributed by atoms with Crippen molar-refractivity contribution in [2.24, 2.45) is 0 Å². The maximum absolute atomic E-state index is 9.32. The lowest BCUT2D eigenvalue weighted by molar-refractivity contribution is 0.296. The van der Waals surface area contributed by atoms with E-state index in [0.29, 0.717) is 0 Å². The topological polar surface area (TPSA) is 49.5 Å². The first kappa shape index (κ1) is 10.9. The quantitative estimate of drug-likeness (QED) is 0.567. The number of aromatic hydroxyl groups is 1. The molecule has 0 amide bonds. The second-order valence-electron chi connectivity index (χ2n) is 3.34. The van der Waals surface area contributed by atoms with Gasteiger partial charge >= 0.3 is 0 Å². The van der Waals surface area contributed by atoms with Gasteiger partial charge in [-0.3, -0.25) is 4.90 Å². The van der Waals surface area contributed by atoms with Crippen LogP contribution in [-0.4, -0.2) is 23.1 Å². The van der Waals surface area contributed by atoms with Crippen LogP contribution in [0.3, 0.4) is 0 Å². The average molecular weight is 194 g/mol. The zero-order chi connectivity index (χ0) is 10.6. The fourth-order valence-electron chi connectivity index (χ4n) is 1.42. The Balaban J connectivity index is 2.79. The van der Waals surface area contributed by atoms with Crippen LogP contribution in [0.5, 0.6) is 5.75 Å². The number of phenolic OH excluding ortho intramolecular Hbond substituents is 1. The molecule has 1 aromatic rings. The van der Waals surface area contributed by atoms with E-state index in [9.17, 15) is 5.11 Å². The van der Waals surface area contributed by atoms with Crippen LogP contribution in [0.4, 0.5) is 5.69 Å². The molecule has 78 valence electrons. The molecule has 14 heavy (non-hydrogen) atoms. The van der Waals surface area contributed by atoms with E-state index in [2.05, 4.69) is 18.7 Å². The summed E-state index contributed by atoms with van der Waals surface area (Å²) >= 11 is 0. The molecular formula is C11H18N2O. The number of phenols is 1. The molecule has 0 aliphatic rings. The first-order chi connectivity index (χ1) is 6.67. The third-order valence-corrected chi connectivity index (χ3v) is 2.41. The highest BCUT2D eigenvalue weighted by molar-refractivity contribution is 5.50. The summed E-state index contributed by atoms with van der Waals surface area (Å²) in [6.07, 6.45) is 0. The molecule has 3 N–H and O–H groups in total. The third-order valence-electron chi connectivity index (χ3n) is 2.41. The van der Waals surface area contributed by atoms with E-state index in [-0.39, 0.29) is 5.75 Å². The predicted molar refractivity (Wildman–Crippen MR) is 59.1 cm³/mol. The van der Waals surface area contributed by atoms with Gasteiger partial charge in [-0.05, 0) is 36.9 Å². The molecule has 0 aliphatic heterocycles. The Kier molecular flexibility index (Phi) is 3.77. The highest BCUT2D eigenvalue weighted by Gasteiger charge is 2.05. The Morgan fingerprint density at radius 3 is 2.50 bits per heavy atom. The summed E-state index contributed by atoms with van der Waals surface area (Å²) in [5.41, 5.74) is 7.55. The Bertz CT molecular complexity index is 295. The molecule has 0 spiro atoms. The van der Waals surface area contributed by atoms with Gasteiger partial charge in [-0.2, -0.15) is 0 Å². The van der Waals surface area contributed by atoms with Crippen molar-refractivity contribution in [1.82, 2.24) is 4.90 Å². The number of nitrogens with two attached hydrogens (primary N) is 1. The summed E-state index contributed by atoms with van der Waals surface area (Å²) < 4.78 is 0. The summed E-state index contributed by atoms with van der Waals surface area (Å²) in [6, 6.07) is 5.09. The summed E-state index contributed by atoms with van der Waals surface area (Å²) in [5.74, 6) is 0.279. The van der Waals surface area contributed by atoms with Crippen LogP contribution in [0.15, 0.2) is 18.2 Å². The van der Waals surface area contributed by atoms with E-state index in [1.54, 1.807) is 18.2 Å². The molecule has 1 rings (SSSR count). The molecule has 0 unspecified atom stereocenters. The van der Waals surface area contributed by atoms with Gasteiger partial charge in [-0.25, -0.2) is 0 Å². The van der Waals surface area contributed by atoms with Gasteiger partial charge in [0.15, 0.2) is 0 Å². The first-order valence-electron chi connectivity index (χ1n) is 4.97. The van der Waals surface area contributed by atoms with E-state index < -0.39 is 0 Å². The number of anilines is 1. The standard InChI is InChI=1S/C11H18N2O/c1-3-13(4-2)8-9-7-10(14)5-6-11(9)12/h5-7,14H,3-4,8,12H2,1-2H3. The van der Waals surface area contributed by atoms with Crippen LogP contribution in [0, 0.1) is 0 Å². The van der Waals surface area contributed by atoms with Crippen LogP contribution in [0.2, 0.25) is 0 Å². The predicted octanol–water partition coefficient (Wildman–Crippen LogP) is 1.82. The molecule has 1 aromatic carbocycles. The largest absolute Gasteiger partial charge is 0.508 e. The lowest BCUT2D eigenvalue weighted by atomic mass is 10.1. The molecular weight excluding hydrogens is 176 g/mol. The van der Waals surface area contributed by atoms with Crippen LogP contribution in [-0.2, 0) is 6.54 Å². The Morgan fingerprint density at radius 1 is 1.29 bits per heavy atom. The van der Waals surface area contributed by atoms with Gasteiger partial charge in [0.2, 0.25) is 0 Å². The van der Waals surface area contributed by atoms with Crippen molar-refractivity contribution in [3.8, 4) is 5.75 Å². The fourth-order valence-corrected chi connectivity index (χ4v) is 1.42. The molecule has 0 aliphatic carbocycles. The van der Waals surface area contributed by atoms with Crippen molar-refractivity contribution in [3.63, 3.8) is 0 Å². The van der Waals surface area contributed by atoms with E-state index >= 15 is 0 Å². The summed E-state index contributed by atoms with van der Waals surface area (Å²) in [4.78, 5) is 2.26. The molecule has 0 heterocycles. The van der Waals surface area contributed by atoms with Crippen molar-refractivity contribution >= 4 is 5.69 Å². The van der Waals surface area contributed by atoms with Crippen molar-refractivity contribution in [2.75, 3.05) is 18.8 Å². The zero-order valence-electron chi connectivity index (χ0n) is 8.83. The van der Waals surface area contributed by atoms with Gasteiger partial charge in [0.1, 0.15) is 5.75 Å². The van der Waals surface area contributed by atoms with Gasteiger partial charge in [0, 0.05) is 12.2 Å². The van der Waals surface area contributed by atoms with Crippen molar-refractivity contribution < 1.29 is 5.11 Å². The Hall–Kier alpha value is -1.22. The van der Waals surface area contributed by atoms with Gasteiger partial charge in [-0.1, -0.05) is 13.8 Å². The van der Waals surface area contributed by atoms with E-state index in [1.807, 2.05) is 0 Å². The second kappa shape index (κ2) is 4.86. The molecule has 0 atom stereocenters. The fraction of sp³-hybridized carbons (Fsp3) is 0.455. The van der Waals surface area contributed by atoms with Crippen molar-refractivity contribution in [3.05, 3.63) is 23.8 Å². The molecule has 0 fully saturated rings. The van der Waals surface area contributed by atoms with Crippen LogP contribution >= 0.6 is 0 Å². The number of hydrogen-bond donors (Lipinski definition) is 2. The van der Waals surface area contributed by atoms with Gasteiger partial charge in [-0.15, -0.1) is 0 Å². The normalized spacial score (nSPS) is 10.8. The SMILES string of the molecule is CCN(CC)Cc1cc(O)ccc1N. The Morgan fingerprint density at radius 2 is 1.93 bits per heavy atom. The maximum Gasteiger partial charge on any atom is 0.116 e. The molecule has 0 radical (unpaired) electrons. The number of rotatable bonds is 4. The second-order valence-corrected chi connectivity index (χ2v) is 3.34. The minimum atomic E-state index is 0.279. The number of nitrogens with zero attached hydrogens (tertiary/aromatic N) is 1. The summed E-state index contributed by atoms with van der Waals surface area (Å²) in [5, 5.41) is 9.32. The lowest BCUT2D eigenvalue weighted by Gasteiger charge is -2.19. The number of nitrogen functional groups attached to an aromatic ring is 1. The monoisotopic (exact) mass is 194 g/mol. The minimum absolute atomic E-state index is 0.279.